The van der Waals surface area contributed by atoms with Crippen LogP contribution in [0.5, 0.6) is 0 Å². The number of amides is 2. The summed E-state index contributed by atoms with van der Waals surface area (Å²) in [4.78, 5) is 37.2. The van der Waals surface area contributed by atoms with Crippen LogP contribution in [0.4, 0.5) is 20.3 Å². The fourth-order valence-electron chi connectivity index (χ4n) is 5.06. The number of aromatic nitrogens is 1. The van der Waals surface area contributed by atoms with Gasteiger partial charge in [-0.25, -0.2) is 13.8 Å². The number of aryl methyl sites for hydroxylation is 1. The van der Waals surface area contributed by atoms with Crippen molar-refractivity contribution in [2.45, 2.75) is 38.7 Å². The standard InChI is InChI=1S/C31H28ClF2N5O2/c1-18-15-20-10-11-22(16-19-7-4-3-5-8-19)37-27(20)25(28(35)40)26(18)38-30(41)24-17-21(31(2,33)34)12-14-39(24)29-23(32)9-6-13-36-29/h3-10,12-13,15,17,22H,11,14,16H2,1-2H3,(H2,35,40)(H,38,41). The van der Waals surface area contributed by atoms with Gasteiger partial charge in [0, 0.05) is 25.2 Å². The van der Waals surface area contributed by atoms with Gasteiger partial charge in [0.05, 0.1) is 27.7 Å². The average molecular weight is 576 g/mol. The molecule has 2 amide bonds. The van der Waals surface area contributed by atoms with Crippen molar-refractivity contribution in [1.29, 1.82) is 0 Å². The zero-order valence-corrected chi connectivity index (χ0v) is 23.3. The largest absolute Gasteiger partial charge is 0.365 e. The van der Waals surface area contributed by atoms with Crippen molar-refractivity contribution >= 4 is 41.0 Å². The molecule has 0 fully saturated rings. The summed E-state index contributed by atoms with van der Waals surface area (Å²) in [6.07, 6.45) is 7.27. The molecule has 0 saturated carbocycles. The van der Waals surface area contributed by atoms with E-state index in [1.54, 1.807) is 19.1 Å². The second kappa shape index (κ2) is 11.2. The van der Waals surface area contributed by atoms with Gasteiger partial charge in [0.25, 0.3) is 17.7 Å². The van der Waals surface area contributed by atoms with E-state index in [1.807, 2.05) is 42.5 Å². The number of halogens is 3. The molecule has 7 nitrogen and oxygen atoms in total. The number of allylic oxidation sites excluding steroid dienone is 2. The number of nitrogens with one attached hydrogen (secondary N) is 1. The van der Waals surface area contributed by atoms with Gasteiger partial charge in [0.2, 0.25) is 0 Å². The second-order valence-electron chi connectivity index (χ2n) is 10.1. The minimum Gasteiger partial charge on any atom is -0.365 e. The Labute approximate surface area is 240 Å². The number of carbonyl (C=O) groups excluding carboxylic acids is 2. The number of alkyl halides is 2. The third-order valence-corrected chi connectivity index (χ3v) is 7.35. The molecule has 10 heteroatoms. The Balaban J connectivity index is 1.56. The van der Waals surface area contributed by atoms with Gasteiger partial charge in [-0.05, 0) is 60.4 Å². The summed E-state index contributed by atoms with van der Waals surface area (Å²) in [5, 5.41) is 4.15. The molecule has 1 atom stereocenters. The van der Waals surface area contributed by atoms with Gasteiger partial charge in [-0.1, -0.05) is 54.1 Å². The summed E-state index contributed by atoms with van der Waals surface area (Å²) in [5.74, 6) is -4.45. The van der Waals surface area contributed by atoms with Crippen LogP contribution in [0.1, 0.15) is 34.8 Å². The van der Waals surface area contributed by atoms with Gasteiger partial charge in [0.1, 0.15) is 5.70 Å². The lowest BCUT2D eigenvalue weighted by atomic mass is 9.97. The Bertz CT molecular complexity index is 1710. The van der Waals surface area contributed by atoms with Crippen LogP contribution in [-0.4, -0.2) is 35.3 Å². The van der Waals surface area contributed by atoms with Crippen LogP contribution in [0.3, 0.4) is 0 Å². The van der Waals surface area contributed by atoms with Crippen LogP contribution in [0, 0.1) is 6.92 Å². The molecule has 3 aromatic rings. The number of hydrogen-bond acceptors (Lipinski definition) is 5. The van der Waals surface area contributed by atoms with Gasteiger partial charge >= 0.3 is 0 Å². The first-order valence-corrected chi connectivity index (χ1v) is 13.5. The number of hydrogen-bond donors (Lipinski definition) is 2. The third kappa shape index (κ3) is 5.90. The van der Waals surface area contributed by atoms with Crippen molar-refractivity contribution in [3.8, 4) is 0 Å². The highest BCUT2D eigenvalue weighted by Crippen LogP contribution is 2.34. The van der Waals surface area contributed by atoms with E-state index >= 15 is 0 Å². The van der Waals surface area contributed by atoms with Crippen molar-refractivity contribution in [3.63, 3.8) is 0 Å². The van der Waals surface area contributed by atoms with E-state index in [9.17, 15) is 18.4 Å². The highest BCUT2D eigenvalue weighted by atomic mass is 35.5. The first-order valence-electron chi connectivity index (χ1n) is 13.1. The maximum Gasteiger partial charge on any atom is 0.272 e. The van der Waals surface area contributed by atoms with Gasteiger partial charge in [-0.2, -0.15) is 0 Å². The minimum absolute atomic E-state index is 0.0634. The number of anilines is 2. The van der Waals surface area contributed by atoms with E-state index in [4.69, 9.17) is 22.3 Å². The fraction of sp³-hybridized carbons (Fsp3) is 0.226. The molecular formula is C31H28ClF2N5O2. The average Bonchev–Trinajstić information content (AvgIpc) is 2.93. The lowest BCUT2D eigenvalue weighted by molar-refractivity contribution is -0.113. The van der Waals surface area contributed by atoms with E-state index in [1.165, 1.54) is 17.2 Å². The lowest BCUT2D eigenvalue weighted by Crippen LogP contribution is -2.41. The zero-order valence-electron chi connectivity index (χ0n) is 22.5. The van der Waals surface area contributed by atoms with Crippen LogP contribution < -0.4 is 26.5 Å². The molecular weight excluding hydrogens is 548 g/mol. The van der Waals surface area contributed by atoms with Crippen molar-refractivity contribution < 1.29 is 18.4 Å². The van der Waals surface area contributed by atoms with E-state index in [2.05, 4.69) is 10.3 Å². The third-order valence-electron chi connectivity index (χ3n) is 7.06. The van der Waals surface area contributed by atoms with E-state index in [-0.39, 0.29) is 45.9 Å². The van der Waals surface area contributed by atoms with Gasteiger partial charge in [-0.3, -0.25) is 14.6 Å². The first-order chi connectivity index (χ1) is 19.5. The van der Waals surface area contributed by atoms with Crippen LogP contribution in [0.15, 0.2) is 83.1 Å². The summed E-state index contributed by atoms with van der Waals surface area (Å²) < 4.78 is 28.6. The Morgan fingerprint density at radius 2 is 1.93 bits per heavy atom. The van der Waals surface area contributed by atoms with Gasteiger partial charge in [0.15, 0.2) is 5.82 Å². The number of rotatable bonds is 7. The Morgan fingerprint density at radius 3 is 2.61 bits per heavy atom. The Hall–Kier alpha value is -4.37. The van der Waals surface area contributed by atoms with Crippen molar-refractivity contribution in [2.75, 3.05) is 16.8 Å². The summed E-state index contributed by atoms with van der Waals surface area (Å²) >= 11 is 6.35. The molecule has 41 heavy (non-hydrogen) atoms. The molecule has 5 rings (SSSR count). The van der Waals surface area contributed by atoms with Crippen LogP contribution >= 0.6 is 11.6 Å². The number of nitrogens with zero attached hydrogens (tertiary/aromatic N) is 3. The normalized spacial score (nSPS) is 16.5. The van der Waals surface area contributed by atoms with Gasteiger partial charge in [-0.15, -0.1) is 0 Å². The van der Waals surface area contributed by atoms with Crippen LogP contribution in [0.2, 0.25) is 5.02 Å². The summed E-state index contributed by atoms with van der Waals surface area (Å²) in [5.41, 5.74) is 7.34. The van der Waals surface area contributed by atoms with E-state index < -0.39 is 17.7 Å². The molecule has 0 saturated heterocycles. The predicted molar refractivity (Wildman–Crippen MR) is 156 cm³/mol. The van der Waals surface area contributed by atoms with E-state index in [0.29, 0.717) is 23.8 Å². The van der Waals surface area contributed by atoms with Crippen LogP contribution in [-0.2, 0) is 11.2 Å². The molecule has 1 aromatic heterocycles. The number of primary amides is 1. The second-order valence-corrected chi connectivity index (χ2v) is 10.5. The Kier molecular flexibility index (Phi) is 7.73. The summed E-state index contributed by atoms with van der Waals surface area (Å²) in [6, 6.07) is 14.8. The predicted octanol–water partition coefficient (Wildman–Crippen LogP) is 4.48. The topological polar surface area (TPSA) is 101 Å². The summed E-state index contributed by atoms with van der Waals surface area (Å²) in [6.45, 7) is 2.43. The lowest BCUT2D eigenvalue weighted by Gasteiger charge is -2.30. The first kappa shape index (κ1) is 28.2. The number of pyridine rings is 1. The molecule has 0 bridgehead atoms. The van der Waals surface area contributed by atoms with Crippen molar-refractivity contribution in [2.24, 2.45) is 10.7 Å². The maximum absolute atomic E-state index is 14.3. The molecule has 3 N–H and O–H groups in total. The van der Waals surface area contributed by atoms with E-state index in [0.717, 1.165) is 23.8 Å². The van der Waals surface area contributed by atoms with Crippen molar-refractivity contribution in [1.82, 2.24) is 4.98 Å². The smallest absolute Gasteiger partial charge is 0.272 e. The molecule has 0 spiro atoms. The SMILES string of the molecule is Cc1cc2c(c(C(N)=O)c1NC(=O)C1=CC(C(C)(F)F)=CCN1c1ncccc1Cl)=NC(Cc1ccccc1)CC=2. The molecule has 1 unspecified atom stereocenters. The number of carbonyl (C=O) groups is 2. The molecule has 2 aliphatic heterocycles. The molecule has 0 radical (unpaired) electrons. The molecule has 0 aliphatic carbocycles. The quantitative estimate of drug-likeness (QED) is 0.434. The molecule has 2 aliphatic rings. The Morgan fingerprint density at radius 1 is 1.17 bits per heavy atom. The fourth-order valence-corrected chi connectivity index (χ4v) is 5.29. The molecule has 210 valence electrons. The maximum atomic E-state index is 14.3. The highest BCUT2D eigenvalue weighted by molar-refractivity contribution is 6.33. The van der Waals surface area contributed by atoms with Crippen molar-refractivity contribution in [3.05, 3.63) is 110 Å². The summed E-state index contributed by atoms with van der Waals surface area (Å²) in [7, 11) is 0. The minimum atomic E-state index is -3.19. The monoisotopic (exact) mass is 575 g/mol. The zero-order chi connectivity index (χ0) is 29.3. The van der Waals surface area contributed by atoms with Crippen LogP contribution in [0.25, 0.3) is 6.08 Å². The molecule has 3 heterocycles. The highest BCUT2D eigenvalue weighted by Gasteiger charge is 2.33. The number of nitrogens with two attached hydrogens (primary N) is 1. The number of benzene rings is 2. The van der Waals surface area contributed by atoms with Gasteiger partial charge < -0.3 is 16.0 Å². The molecule has 2 aromatic carbocycles. The number of fused-ring (bicyclic) bond motifs is 1.